The lowest BCUT2D eigenvalue weighted by molar-refractivity contribution is -0.138. The quantitative estimate of drug-likeness (QED) is 0.204. The van der Waals surface area contributed by atoms with Gasteiger partial charge in [0.05, 0.1) is 12.1 Å². The van der Waals surface area contributed by atoms with E-state index in [0.717, 1.165) is 49.2 Å². The molecule has 45 heavy (non-hydrogen) atoms. The molecule has 9 heteroatoms. The molecule has 3 aliphatic rings. The van der Waals surface area contributed by atoms with E-state index in [4.69, 9.17) is 14.2 Å². The molecule has 0 saturated carbocycles. The summed E-state index contributed by atoms with van der Waals surface area (Å²) in [5, 5.41) is 13.5. The maximum absolute atomic E-state index is 12.9. The van der Waals surface area contributed by atoms with Gasteiger partial charge in [-0.15, -0.1) is 0 Å². The summed E-state index contributed by atoms with van der Waals surface area (Å²) in [5.41, 5.74) is 3.30. The van der Waals surface area contributed by atoms with Crippen molar-refractivity contribution in [3.05, 3.63) is 101 Å². The van der Waals surface area contributed by atoms with Crippen LogP contribution in [-0.2, 0) is 16.1 Å². The third-order valence-corrected chi connectivity index (χ3v) is 8.76. The molecule has 240 valence electrons. The number of hydrogen-bond donors (Lipinski definition) is 2. The van der Waals surface area contributed by atoms with E-state index in [2.05, 4.69) is 10.2 Å². The van der Waals surface area contributed by atoms with Gasteiger partial charge in [-0.05, 0) is 86.7 Å². The number of carbonyl (C=O) groups excluding carboxylic acids is 1. The molecule has 3 saturated heterocycles. The Morgan fingerprint density at radius 3 is 2.24 bits per heavy atom. The molecule has 2 unspecified atom stereocenters. The Morgan fingerprint density at radius 1 is 0.933 bits per heavy atom. The van der Waals surface area contributed by atoms with E-state index in [0.29, 0.717) is 50.0 Å². The molecule has 3 aromatic rings. The van der Waals surface area contributed by atoms with Gasteiger partial charge < -0.3 is 29.5 Å². The summed E-state index contributed by atoms with van der Waals surface area (Å²) >= 11 is 0. The van der Waals surface area contributed by atoms with Crippen molar-refractivity contribution in [2.75, 3.05) is 39.4 Å². The Labute approximate surface area is 266 Å². The Kier molecular flexibility index (Phi) is 11.5. The maximum Gasteiger partial charge on any atom is 0.408 e. The average Bonchev–Trinajstić information content (AvgIpc) is 3.07. The fraction of sp³-hybridized carbons (Fsp3) is 0.444. The van der Waals surface area contributed by atoms with Crippen LogP contribution < -0.4 is 10.1 Å². The smallest absolute Gasteiger partial charge is 0.408 e. The molecule has 0 aromatic heterocycles. The molecule has 2 atom stereocenters. The van der Waals surface area contributed by atoms with Crippen molar-refractivity contribution in [3.63, 3.8) is 0 Å². The lowest BCUT2D eigenvalue weighted by atomic mass is 9.81. The molecule has 2 N–H and O–H groups in total. The van der Waals surface area contributed by atoms with Crippen LogP contribution in [0.4, 0.5) is 4.79 Å². The standard InChI is InChI=1S/C36H45N3O6/c1-3-43-33(44-4-2)17-20-37-35(40)29-15-13-26(14-16-29)25-45-31-12-8-11-30(23-31)34(28-9-6-5-7-10-28)39(36(41)42)32-24-38-21-18-27(32)19-22-38/h5-16,23,27,32-34H,3-4,17-22,24-25H2,1-2H3,(H,37,40)(H,41,42). The van der Waals surface area contributed by atoms with Crippen molar-refractivity contribution < 1.29 is 28.9 Å². The van der Waals surface area contributed by atoms with Crippen LogP contribution in [0, 0.1) is 5.92 Å². The molecule has 3 aliphatic heterocycles. The number of fused-ring (bicyclic) bond motifs is 3. The number of nitrogens with one attached hydrogen (secondary N) is 1. The first-order chi connectivity index (χ1) is 22.0. The van der Waals surface area contributed by atoms with Gasteiger partial charge in [-0.1, -0.05) is 54.6 Å². The molecular weight excluding hydrogens is 570 g/mol. The van der Waals surface area contributed by atoms with Crippen molar-refractivity contribution in [3.8, 4) is 5.75 Å². The van der Waals surface area contributed by atoms with Crippen LogP contribution in [0.1, 0.15) is 66.2 Å². The van der Waals surface area contributed by atoms with E-state index < -0.39 is 12.1 Å². The molecule has 9 nitrogen and oxygen atoms in total. The minimum atomic E-state index is -0.901. The zero-order valence-corrected chi connectivity index (χ0v) is 26.3. The number of rotatable bonds is 15. The first-order valence-corrected chi connectivity index (χ1v) is 16.1. The Bertz CT molecular complexity index is 1370. The Balaban J connectivity index is 1.25. The number of carboxylic acid groups (broad SMARTS) is 1. The van der Waals surface area contributed by atoms with Crippen LogP contribution in [0.15, 0.2) is 78.9 Å². The zero-order chi connectivity index (χ0) is 31.6. The number of nitrogens with zero attached hydrogens (tertiary/aromatic N) is 2. The van der Waals surface area contributed by atoms with Crippen LogP contribution in [0.25, 0.3) is 0 Å². The highest BCUT2D eigenvalue weighted by molar-refractivity contribution is 5.94. The largest absolute Gasteiger partial charge is 0.489 e. The summed E-state index contributed by atoms with van der Waals surface area (Å²) in [6.07, 6.45) is 1.41. The lowest BCUT2D eigenvalue weighted by Crippen LogP contribution is -2.59. The average molecular weight is 616 g/mol. The van der Waals surface area contributed by atoms with Crippen LogP contribution in [-0.4, -0.2) is 78.6 Å². The van der Waals surface area contributed by atoms with E-state index in [-0.39, 0.29) is 18.2 Å². The van der Waals surface area contributed by atoms with Gasteiger partial charge in [-0.3, -0.25) is 9.69 Å². The van der Waals surface area contributed by atoms with Crippen molar-refractivity contribution in [1.29, 1.82) is 0 Å². The number of hydrogen-bond acceptors (Lipinski definition) is 6. The van der Waals surface area contributed by atoms with Gasteiger partial charge in [0.25, 0.3) is 5.91 Å². The molecule has 2 amide bonds. The summed E-state index contributed by atoms with van der Waals surface area (Å²) < 4.78 is 17.3. The van der Waals surface area contributed by atoms with Gasteiger partial charge >= 0.3 is 6.09 Å². The Morgan fingerprint density at radius 2 is 1.62 bits per heavy atom. The molecule has 3 fully saturated rings. The lowest BCUT2D eigenvalue weighted by Gasteiger charge is -2.50. The molecule has 0 spiro atoms. The molecule has 0 radical (unpaired) electrons. The summed E-state index contributed by atoms with van der Waals surface area (Å²) in [6, 6.07) is 24.5. The number of piperidine rings is 3. The topological polar surface area (TPSA) is 101 Å². The number of ether oxygens (including phenoxy) is 3. The molecule has 0 aliphatic carbocycles. The summed E-state index contributed by atoms with van der Waals surface area (Å²) in [6.45, 7) is 8.57. The van der Waals surface area contributed by atoms with Crippen LogP contribution in [0.2, 0.25) is 0 Å². The first kappa shape index (κ1) is 32.5. The van der Waals surface area contributed by atoms with Crippen molar-refractivity contribution >= 4 is 12.0 Å². The predicted molar refractivity (Wildman–Crippen MR) is 172 cm³/mol. The molecule has 2 bridgehead atoms. The minimum Gasteiger partial charge on any atom is -0.489 e. The van der Waals surface area contributed by atoms with Gasteiger partial charge in [0, 0.05) is 38.3 Å². The summed E-state index contributed by atoms with van der Waals surface area (Å²) in [7, 11) is 0. The van der Waals surface area contributed by atoms with Crippen LogP contribution in [0.5, 0.6) is 5.75 Å². The number of carbonyl (C=O) groups is 2. The summed E-state index contributed by atoms with van der Waals surface area (Å²) in [5.74, 6) is 0.872. The van der Waals surface area contributed by atoms with E-state index in [1.54, 1.807) is 17.0 Å². The van der Waals surface area contributed by atoms with Gasteiger partial charge in [0.1, 0.15) is 12.4 Å². The minimum absolute atomic E-state index is 0.0636. The zero-order valence-electron chi connectivity index (χ0n) is 26.3. The third kappa shape index (κ3) is 8.42. The van der Waals surface area contributed by atoms with Gasteiger partial charge in [0.2, 0.25) is 0 Å². The van der Waals surface area contributed by atoms with E-state index >= 15 is 0 Å². The maximum atomic E-state index is 12.9. The first-order valence-electron chi connectivity index (χ1n) is 16.1. The fourth-order valence-electron chi connectivity index (χ4n) is 6.53. The van der Waals surface area contributed by atoms with Crippen molar-refractivity contribution in [2.45, 2.75) is 58.1 Å². The highest BCUT2D eigenvalue weighted by Crippen LogP contribution is 2.39. The van der Waals surface area contributed by atoms with Crippen molar-refractivity contribution in [2.24, 2.45) is 5.92 Å². The number of amides is 2. The second kappa shape index (κ2) is 15.9. The highest BCUT2D eigenvalue weighted by atomic mass is 16.7. The van der Waals surface area contributed by atoms with Crippen LogP contribution in [0.3, 0.4) is 0 Å². The van der Waals surface area contributed by atoms with Gasteiger partial charge in [-0.2, -0.15) is 0 Å². The van der Waals surface area contributed by atoms with Gasteiger partial charge in [0.15, 0.2) is 6.29 Å². The van der Waals surface area contributed by atoms with E-state index in [1.165, 1.54) is 0 Å². The predicted octanol–water partition coefficient (Wildman–Crippen LogP) is 5.95. The fourth-order valence-corrected chi connectivity index (χ4v) is 6.53. The summed E-state index contributed by atoms with van der Waals surface area (Å²) in [4.78, 5) is 29.6. The Hall–Kier alpha value is -3.92. The van der Waals surface area contributed by atoms with E-state index in [9.17, 15) is 14.7 Å². The molecule has 3 aromatic carbocycles. The number of benzene rings is 3. The SMILES string of the molecule is CCOC(CCNC(=O)c1ccc(COc2cccc(C(c3ccccc3)N(C(=O)O)C3CN4CCC3CC4)c2)cc1)OCC. The van der Waals surface area contributed by atoms with Gasteiger partial charge in [-0.25, -0.2) is 4.79 Å². The van der Waals surface area contributed by atoms with Crippen LogP contribution >= 0.6 is 0 Å². The molecule has 6 rings (SSSR count). The third-order valence-electron chi connectivity index (χ3n) is 8.76. The normalized spacial score (nSPS) is 19.7. The highest BCUT2D eigenvalue weighted by Gasteiger charge is 2.43. The molecular formula is C36H45N3O6. The molecule has 3 heterocycles. The van der Waals surface area contributed by atoms with Crippen molar-refractivity contribution in [1.82, 2.24) is 15.1 Å². The monoisotopic (exact) mass is 615 g/mol. The van der Waals surface area contributed by atoms with E-state index in [1.807, 2.05) is 80.6 Å². The second-order valence-corrected chi connectivity index (χ2v) is 11.7. The second-order valence-electron chi connectivity index (χ2n) is 11.7.